The zero-order chi connectivity index (χ0) is 11.3. The van der Waals surface area contributed by atoms with E-state index < -0.39 is 5.97 Å². The Hall–Kier alpha value is -2.59. The van der Waals surface area contributed by atoms with Gasteiger partial charge in [-0.1, -0.05) is 12.1 Å². The first kappa shape index (κ1) is 10.5. The predicted octanol–water partition coefficient (Wildman–Crippen LogP) is 0.193. The van der Waals surface area contributed by atoms with Crippen molar-refractivity contribution in [1.82, 2.24) is 0 Å². The van der Waals surface area contributed by atoms with Gasteiger partial charge in [-0.05, 0) is 23.8 Å². The van der Waals surface area contributed by atoms with Crippen molar-refractivity contribution in [2.45, 2.75) is 0 Å². The molecular weight excluding hydrogens is 192 g/mol. The molecule has 0 unspecified atom stereocenters. The lowest BCUT2D eigenvalue weighted by Gasteiger charge is -1.97. The Kier molecular flexibility index (Phi) is 3.21. The molecular formula is C11H5N2O2-. The number of carbonyl (C=O) groups is 1. The summed E-state index contributed by atoms with van der Waals surface area (Å²) in [5.74, 6) is -1.31. The Morgan fingerprint density at radius 2 is 1.93 bits per heavy atom. The summed E-state index contributed by atoms with van der Waals surface area (Å²) >= 11 is 0. The molecule has 4 nitrogen and oxygen atoms in total. The summed E-state index contributed by atoms with van der Waals surface area (Å²) in [7, 11) is 0. The third-order valence-electron chi connectivity index (χ3n) is 1.70. The fourth-order valence-corrected chi connectivity index (χ4v) is 1.02. The number of carboxylic acids is 1. The van der Waals surface area contributed by atoms with E-state index in [1.165, 1.54) is 18.2 Å². The van der Waals surface area contributed by atoms with E-state index >= 15 is 0 Å². The van der Waals surface area contributed by atoms with Crippen LogP contribution in [0.5, 0.6) is 0 Å². The fraction of sp³-hybridized carbons (Fsp3) is 0. The van der Waals surface area contributed by atoms with Crippen molar-refractivity contribution in [2.75, 3.05) is 0 Å². The van der Waals surface area contributed by atoms with Crippen molar-refractivity contribution < 1.29 is 9.90 Å². The number of aliphatic carboxylic acids is 1. The van der Waals surface area contributed by atoms with Crippen molar-refractivity contribution in [3.8, 4) is 12.1 Å². The normalized spacial score (nSPS) is 9.47. The van der Waals surface area contributed by atoms with Gasteiger partial charge in [0.25, 0.3) is 0 Å². The van der Waals surface area contributed by atoms with Crippen LogP contribution in [0.2, 0.25) is 0 Å². The minimum absolute atomic E-state index is 0.220. The largest absolute Gasteiger partial charge is 0.545 e. The SMILES string of the molecule is N#Cc1ccc(/C=C/C(=O)[O-])cc1C#N. The zero-order valence-electron chi connectivity index (χ0n) is 7.60. The van der Waals surface area contributed by atoms with Gasteiger partial charge in [0.15, 0.2) is 0 Å². The van der Waals surface area contributed by atoms with E-state index in [1.807, 2.05) is 12.1 Å². The van der Waals surface area contributed by atoms with Gasteiger partial charge in [0.2, 0.25) is 0 Å². The van der Waals surface area contributed by atoms with Crippen LogP contribution in [-0.4, -0.2) is 5.97 Å². The van der Waals surface area contributed by atoms with E-state index in [0.717, 1.165) is 6.08 Å². The number of carboxylic acid groups (broad SMARTS) is 1. The lowest BCUT2D eigenvalue weighted by molar-refractivity contribution is -0.297. The molecule has 0 bridgehead atoms. The second-order valence-corrected chi connectivity index (χ2v) is 2.68. The van der Waals surface area contributed by atoms with Gasteiger partial charge in [-0.15, -0.1) is 0 Å². The molecule has 1 aromatic carbocycles. The Bertz CT molecular complexity index is 504. The number of nitrogens with zero attached hydrogens (tertiary/aromatic N) is 2. The van der Waals surface area contributed by atoms with Crippen LogP contribution in [0.1, 0.15) is 16.7 Å². The van der Waals surface area contributed by atoms with Crippen LogP contribution in [0.25, 0.3) is 6.08 Å². The summed E-state index contributed by atoms with van der Waals surface area (Å²) in [5, 5.41) is 27.5. The van der Waals surface area contributed by atoms with Crippen molar-refractivity contribution in [2.24, 2.45) is 0 Å². The van der Waals surface area contributed by atoms with Gasteiger partial charge >= 0.3 is 0 Å². The molecule has 72 valence electrons. The van der Waals surface area contributed by atoms with Crippen molar-refractivity contribution in [3.63, 3.8) is 0 Å². The van der Waals surface area contributed by atoms with Crippen LogP contribution >= 0.6 is 0 Å². The summed E-state index contributed by atoms with van der Waals surface area (Å²) in [6, 6.07) is 8.18. The van der Waals surface area contributed by atoms with E-state index in [2.05, 4.69) is 0 Å². The summed E-state index contributed by atoms with van der Waals surface area (Å²) in [4.78, 5) is 10.1. The van der Waals surface area contributed by atoms with Crippen LogP contribution in [0.15, 0.2) is 24.3 Å². The maximum atomic E-state index is 10.1. The highest BCUT2D eigenvalue weighted by Crippen LogP contribution is 2.11. The molecule has 0 spiro atoms. The molecule has 0 aliphatic carbocycles. The first-order valence-corrected chi connectivity index (χ1v) is 4.00. The monoisotopic (exact) mass is 197 g/mol. The smallest absolute Gasteiger partial charge is 0.101 e. The third-order valence-corrected chi connectivity index (χ3v) is 1.70. The second kappa shape index (κ2) is 4.59. The van der Waals surface area contributed by atoms with E-state index in [-0.39, 0.29) is 11.1 Å². The topological polar surface area (TPSA) is 87.7 Å². The summed E-state index contributed by atoms with van der Waals surface area (Å²) in [6.45, 7) is 0. The first-order valence-electron chi connectivity index (χ1n) is 4.00. The van der Waals surface area contributed by atoms with Crippen LogP contribution < -0.4 is 5.11 Å². The molecule has 0 heterocycles. The first-order chi connectivity index (χ1) is 7.17. The molecule has 1 rings (SSSR count). The highest BCUT2D eigenvalue weighted by atomic mass is 16.4. The molecule has 0 aliphatic rings. The maximum absolute atomic E-state index is 10.1. The second-order valence-electron chi connectivity index (χ2n) is 2.68. The molecule has 0 amide bonds. The highest BCUT2D eigenvalue weighted by molar-refractivity contribution is 5.83. The Morgan fingerprint density at radius 3 is 2.47 bits per heavy atom. The number of nitriles is 2. The molecule has 0 aromatic heterocycles. The molecule has 15 heavy (non-hydrogen) atoms. The van der Waals surface area contributed by atoms with Gasteiger partial charge in [-0.25, -0.2) is 0 Å². The Balaban J connectivity index is 3.12. The molecule has 0 saturated heterocycles. The number of rotatable bonds is 2. The zero-order valence-corrected chi connectivity index (χ0v) is 7.60. The number of benzene rings is 1. The maximum Gasteiger partial charge on any atom is 0.101 e. The van der Waals surface area contributed by atoms with Crippen molar-refractivity contribution >= 4 is 12.0 Å². The van der Waals surface area contributed by atoms with Gasteiger partial charge in [0.05, 0.1) is 17.1 Å². The summed E-state index contributed by atoms with van der Waals surface area (Å²) < 4.78 is 0. The lowest BCUT2D eigenvalue weighted by Crippen LogP contribution is -2.18. The molecule has 0 saturated carbocycles. The average Bonchev–Trinajstić information content (AvgIpc) is 2.25. The van der Waals surface area contributed by atoms with E-state index in [0.29, 0.717) is 5.56 Å². The van der Waals surface area contributed by atoms with E-state index in [1.54, 1.807) is 6.07 Å². The van der Waals surface area contributed by atoms with Crippen LogP contribution in [0.4, 0.5) is 0 Å². The van der Waals surface area contributed by atoms with Crippen LogP contribution in [0.3, 0.4) is 0 Å². The quantitative estimate of drug-likeness (QED) is 0.633. The molecule has 0 fully saturated rings. The van der Waals surface area contributed by atoms with E-state index in [9.17, 15) is 9.90 Å². The van der Waals surface area contributed by atoms with E-state index in [4.69, 9.17) is 10.5 Å². The molecule has 0 aliphatic heterocycles. The Morgan fingerprint density at radius 1 is 1.27 bits per heavy atom. The van der Waals surface area contributed by atoms with Crippen molar-refractivity contribution in [3.05, 3.63) is 41.0 Å². The molecule has 4 heteroatoms. The van der Waals surface area contributed by atoms with Gasteiger partial charge < -0.3 is 9.90 Å². The van der Waals surface area contributed by atoms with Gasteiger partial charge in [-0.2, -0.15) is 10.5 Å². The van der Waals surface area contributed by atoms with Crippen LogP contribution in [-0.2, 0) is 4.79 Å². The fourth-order valence-electron chi connectivity index (χ4n) is 1.02. The van der Waals surface area contributed by atoms with Gasteiger partial charge in [0, 0.05) is 0 Å². The van der Waals surface area contributed by atoms with Crippen molar-refractivity contribution in [1.29, 1.82) is 10.5 Å². The van der Waals surface area contributed by atoms with Gasteiger partial charge in [0.1, 0.15) is 12.1 Å². The number of carbonyl (C=O) groups excluding carboxylic acids is 1. The third kappa shape index (κ3) is 2.68. The summed E-state index contributed by atoms with van der Waals surface area (Å²) in [6.07, 6.45) is 2.17. The predicted molar refractivity (Wildman–Crippen MR) is 49.9 cm³/mol. The molecule has 0 atom stereocenters. The highest BCUT2D eigenvalue weighted by Gasteiger charge is 2.00. The summed E-state index contributed by atoms with van der Waals surface area (Å²) in [5.41, 5.74) is 1.02. The molecule has 0 radical (unpaired) electrons. The van der Waals surface area contributed by atoms with Crippen LogP contribution in [0, 0.1) is 22.7 Å². The minimum atomic E-state index is -1.31. The lowest BCUT2D eigenvalue weighted by atomic mass is 10.1. The number of hydrogen-bond donors (Lipinski definition) is 0. The average molecular weight is 197 g/mol. The van der Waals surface area contributed by atoms with Gasteiger partial charge in [-0.3, -0.25) is 0 Å². The standard InChI is InChI=1S/C11H6N2O2/c12-6-9-3-1-8(2-4-11(14)15)5-10(9)7-13/h1-5H,(H,14,15)/p-1/b4-2+. The minimum Gasteiger partial charge on any atom is -0.545 e. The number of hydrogen-bond acceptors (Lipinski definition) is 4. The molecule has 1 aromatic rings. The molecule has 0 N–H and O–H groups in total. The Labute approximate surface area is 86.3 Å².